The number of Topliss-reactive ketones (excluding diaryl/α,β-unsaturated/α-hetero) is 1. The molecule has 0 saturated heterocycles. The van der Waals surface area contributed by atoms with Crippen LogP contribution in [0.15, 0.2) is 6.07 Å². The maximum atomic E-state index is 12.0. The summed E-state index contributed by atoms with van der Waals surface area (Å²) in [6, 6.07) is 1.23. The largest absolute Gasteiger partial charge is 0.506 e. The molecule has 23 heavy (non-hydrogen) atoms. The lowest BCUT2D eigenvalue weighted by Gasteiger charge is -2.27. The van der Waals surface area contributed by atoms with Crippen molar-refractivity contribution in [3.8, 4) is 5.75 Å². The van der Waals surface area contributed by atoms with Crippen LogP contribution in [0.3, 0.4) is 0 Å². The van der Waals surface area contributed by atoms with Crippen LogP contribution in [0.4, 0.5) is 0 Å². The Morgan fingerprint density at radius 1 is 1.26 bits per heavy atom. The van der Waals surface area contributed by atoms with E-state index in [0.29, 0.717) is 0 Å². The molecule has 2 rings (SSSR count). The maximum Gasteiger partial charge on any atom is 0.341 e. The van der Waals surface area contributed by atoms with Gasteiger partial charge in [-0.2, -0.15) is 0 Å². The number of esters is 2. The number of aliphatic hydroxyl groups excluding tert-OH is 2. The molecule has 0 heterocycles. The van der Waals surface area contributed by atoms with Gasteiger partial charge in [-0.3, -0.25) is 9.59 Å². The van der Waals surface area contributed by atoms with Crippen molar-refractivity contribution >= 4 is 17.7 Å². The van der Waals surface area contributed by atoms with E-state index in [0.717, 1.165) is 14.2 Å². The highest BCUT2D eigenvalue weighted by atomic mass is 16.5. The zero-order valence-electron chi connectivity index (χ0n) is 12.5. The second-order valence-corrected chi connectivity index (χ2v) is 5.11. The third-order valence-corrected chi connectivity index (χ3v) is 3.72. The van der Waals surface area contributed by atoms with Gasteiger partial charge in [0.1, 0.15) is 17.4 Å². The Hall–Kier alpha value is -2.45. The van der Waals surface area contributed by atoms with Crippen LogP contribution in [0.5, 0.6) is 5.75 Å². The predicted octanol–water partition coefficient (Wildman–Crippen LogP) is -0.125. The van der Waals surface area contributed by atoms with Crippen molar-refractivity contribution < 1.29 is 39.2 Å². The van der Waals surface area contributed by atoms with E-state index in [-0.39, 0.29) is 28.7 Å². The number of ether oxygens (including phenoxy) is 2. The third-order valence-electron chi connectivity index (χ3n) is 3.72. The number of rotatable bonds is 3. The molecule has 0 unspecified atom stereocenters. The summed E-state index contributed by atoms with van der Waals surface area (Å²) >= 11 is 0. The number of phenolic OH excluding ortho intramolecular Hbond substituents is 1. The van der Waals surface area contributed by atoms with E-state index in [4.69, 9.17) is 0 Å². The number of carbonyl (C=O) groups excluding carboxylic acids is 3. The number of hydrogen-bond acceptors (Lipinski definition) is 8. The van der Waals surface area contributed by atoms with Gasteiger partial charge in [-0.25, -0.2) is 4.79 Å². The molecule has 1 aliphatic carbocycles. The fourth-order valence-corrected chi connectivity index (χ4v) is 2.58. The van der Waals surface area contributed by atoms with Crippen molar-refractivity contribution in [2.75, 3.05) is 14.2 Å². The first kappa shape index (κ1) is 16.9. The second-order valence-electron chi connectivity index (χ2n) is 5.11. The fraction of sp³-hybridized carbons (Fsp3) is 0.400. The van der Waals surface area contributed by atoms with Gasteiger partial charge in [-0.15, -0.1) is 0 Å². The molecule has 1 aromatic carbocycles. The van der Waals surface area contributed by atoms with E-state index >= 15 is 0 Å². The molecule has 124 valence electrons. The first-order valence-corrected chi connectivity index (χ1v) is 6.75. The van der Waals surface area contributed by atoms with Crippen LogP contribution in [0.25, 0.3) is 0 Å². The molecular formula is C15H16O8. The van der Waals surface area contributed by atoms with Crippen molar-refractivity contribution in [3.05, 3.63) is 28.3 Å². The van der Waals surface area contributed by atoms with Gasteiger partial charge in [0.2, 0.25) is 0 Å². The number of aromatic hydroxyl groups is 1. The lowest BCUT2D eigenvalue weighted by molar-refractivity contribution is -0.139. The highest BCUT2D eigenvalue weighted by molar-refractivity contribution is 6.06. The molecule has 3 N–H and O–H groups in total. The van der Waals surface area contributed by atoms with Crippen molar-refractivity contribution in [2.45, 2.75) is 25.0 Å². The second kappa shape index (κ2) is 6.35. The summed E-state index contributed by atoms with van der Waals surface area (Å²) < 4.78 is 9.10. The van der Waals surface area contributed by atoms with Gasteiger partial charge in [0.25, 0.3) is 0 Å². The van der Waals surface area contributed by atoms with Crippen molar-refractivity contribution in [2.24, 2.45) is 0 Å². The van der Waals surface area contributed by atoms with Gasteiger partial charge in [-0.1, -0.05) is 6.07 Å². The van der Waals surface area contributed by atoms with E-state index in [1.165, 1.54) is 6.07 Å². The number of ketones is 1. The third kappa shape index (κ3) is 2.90. The summed E-state index contributed by atoms with van der Waals surface area (Å²) in [6.45, 7) is 0. The summed E-state index contributed by atoms with van der Waals surface area (Å²) in [7, 11) is 2.24. The molecule has 0 amide bonds. The molecule has 0 fully saturated rings. The van der Waals surface area contributed by atoms with Crippen LogP contribution >= 0.6 is 0 Å². The zero-order chi connectivity index (χ0) is 17.3. The van der Waals surface area contributed by atoms with Crippen LogP contribution in [-0.4, -0.2) is 53.4 Å². The first-order valence-electron chi connectivity index (χ1n) is 6.75. The van der Waals surface area contributed by atoms with Crippen LogP contribution in [-0.2, 0) is 20.7 Å². The van der Waals surface area contributed by atoms with Crippen LogP contribution in [0.2, 0.25) is 0 Å². The number of phenols is 1. The molecule has 1 aliphatic rings. The Labute approximate surface area is 131 Å². The van der Waals surface area contributed by atoms with Gasteiger partial charge < -0.3 is 24.8 Å². The summed E-state index contributed by atoms with van der Waals surface area (Å²) in [5.74, 6) is -2.92. The number of aliphatic hydroxyl groups is 2. The summed E-state index contributed by atoms with van der Waals surface area (Å²) in [4.78, 5) is 35.4. The van der Waals surface area contributed by atoms with E-state index in [2.05, 4.69) is 9.47 Å². The number of methoxy groups -OCH3 is 2. The lowest BCUT2D eigenvalue weighted by atomic mass is 9.82. The topological polar surface area (TPSA) is 130 Å². The molecule has 1 aromatic rings. The van der Waals surface area contributed by atoms with Crippen molar-refractivity contribution in [1.82, 2.24) is 0 Å². The van der Waals surface area contributed by atoms with Crippen LogP contribution in [0.1, 0.15) is 44.4 Å². The number of hydrogen-bond donors (Lipinski definition) is 3. The Kier molecular flexibility index (Phi) is 4.67. The molecule has 0 aliphatic heterocycles. The van der Waals surface area contributed by atoms with E-state index in [1.54, 1.807) is 0 Å². The Balaban J connectivity index is 2.71. The van der Waals surface area contributed by atoms with Crippen LogP contribution < -0.4 is 0 Å². The van der Waals surface area contributed by atoms with Gasteiger partial charge in [0.15, 0.2) is 5.78 Å². The SMILES string of the molecule is COC(=O)Cc1cc2c(c(O)c1C(=O)OC)C(=O)C[C@H](O)[C@H]2O. The number of benzene rings is 1. The molecule has 0 spiro atoms. The average molecular weight is 324 g/mol. The normalized spacial score (nSPS) is 19.9. The Morgan fingerprint density at radius 2 is 1.91 bits per heavy atom. The minimum absolute atomic E-state index is 0.0286. The van der Waals surface area contributed by atoms with Crippen molar-refractivity contribution in [3.63, 3.8) is 0 Å². The molecule has 8 heteroatoms. The molecule has 2 atom stereocenters. The average Bonchev–Trinajstić information content (AvgIpc) is 2.51. The first-order chi connectivity index (χ1) is 10.8. The quantitative estimate of drug-likeness (QED) is 0.656. The highest BCUT2D eigenvalue weighted by Gasteiger charge is 2.37. The van der Waals surface area contributed by atoms with Crippen LogP contribution in [0, 0.1) is 0 Å². The van der Waals surface area contributed by atoms with Gasteiger partial charge in [0.05, 0.1) is 32.3 Å². The molecule has 0 bridgehead atoms. The molecule has 8 nitrogen and oxygen atoms in total. The minimum Gasteiger partial charge on any atom is -0.506 e. The van der Waals surface area contributed by atoms with Gasteiger partial charge in [0, 0.05) is 6.42 Å². The number of fused-ring (bicyclic) bond motifs is 1. The standard InChI is InChI=1S/C15H16O8/c1-22-10(18)4-6-3-7-12(8(16)5-9(17)13(7)19)14(20)11(6)15(21)23-2/h3,9,13,17,19-20H,4-5H2,1-2H3/t9-,13-/m0/s1. The Bertz CT molecular complexity index is 679. The monoisotopic (exact) mass is 324 g/mol. The fourth-order valence-electron chi connectivity index (χ4n) is 2.58. The minimum atomic E-state index is -1.42. The van der Waals surface area contributed by atoms with Crippen molar-refractivity contribution in [1.29, 1.82) is 0 Å². The predicted molar refractivity (Wildman–Crippen MR) is 75.1 cm³/mol. The van der Waals surface area contributed by atoms with E-state index < -0.39 is 42.1 Å². The lowest BCUT2D eigenvalue weighted by Crippen LogP contribution is -2.30. The molecule has 0 radical (unpaired) electrons. The number of carbonyl (C=O) groups is 3. The van der Waals surface area contributed by atoms with E-state index in [1.807, 2.05) is 0 Å². The summed E-state index contributed by atoms with van der Waals surface area (Å²) in [6.07, 6.45) is -3.52. The summed E-state index contributed by atoms with van der Waals surface area (Å²) in [5, 5.41) is 30.0. The van der Waals surface area contributed by atoms with Gasteiger partial charge >= 0.3 is 11.9 Å². The Morgan fingerprint density at radius 3 is 2.48 bits per heavy atom. The molecule has 0 aromatic heterocycles. The highest BCUT2D eigenvalue weighted by Crippen LogP contribution is 2.39. The molecule has 0 saturated carbocycles. The summed E-state index contributed by atoms with van der Waals surface area (Å²) in [5.41, 5.74) is -0.607. The maximum absolute atomic E-state index is 12.0. The zero-order valence-corrected chi connectivity index (χ0v) is 12.5. The van der Waals surface area contributed by atoms with E-state index in [9.17, 15) is 29.7 Å². The smallest absolute Gasteiger partial charge is 0.341 e. The molecular weight excluding hydrogens is 308 g/mol. The van der Waals surface area contributed by atoms with Gasteiger partial charge in [-0.05, 0) is 11.1 Å².